The fourth-order valence-corrected chi connectivity index (χ4v) is 1.48. The molecule has 0 aliphatic heterocycles. The largest absolute Gasteiger partial charge is 0.624 e. The van der Waals surface area contributed by atoms with E-state index in [0.29, 0.717) is 4.74 Å². The van der Waals surface area contributed by atoms with Crippen LogP contribution in [0.15, 0.2) is 21.6 Å². The molecular weight excluding hydrogens is 208 g/mol. The summed E-state index contributed by atoms with van der Waals surface area (Å²) in [6.07, 6.45) is 1.13. The quantitative estimate of drug-likeness (QED) is 0.328. The predicted molar refractivity (Wildman–Crippen MR) is 49.7 cm³/mol. The molecule has 0 fully saturated rings. The molecule has 14 heavy (non-hydrogen) atoms. The monoisotopic (exact) mass is 218 g/mol. The molecule has 1 aromatic rings. The second-order valence-electron chi connectivity index (χ2n) is 2.54. The Morgan fingerprint density at radius 1 is 1.57 bits per heavy atom. The molecular formula is C7H10N2O4S. The molecule has 0 spiro atoms. The highest BCUT2D eigenvalue weighted by atomic mass is 32.2. The maximum Gasteiger partial charge on any atom is 0.273 e. The van der Waals surface area contributed by atoms with Crippen molar-refractivity contribution in [1.82, 2.24) is 4.72 Å². The lowest BCUT2D eigenvalue weighted by Crippen LogP contribution is -2.17. The van der Waals surface area contributed by atoms with Crippen LogP contribution in [0.3, 0.4) is 0 Å². The van der Waals surface area contributed by atoms with Gasteiger partial charge in [-0.1, -0.05) is 0 Å². The molecule has 0 aliphatic carbocycles. The summed E-state index contributed by atoms with van der Waals surface area (Å²) < 4.78 is 29.9. The zero-order valence-electron chi connectivity index (χ0n) is 7.72. The summed E-state index contributed by atoms with van der Waals surface area (Å²) in [6, 6.07) is 2.68. The van der Waals surface area contributed by atoms with E-state index in [2.05, 4.69) is 4.72 Å². The van der Waals surface area contributed by atoms with E-state index in [0.717, 1.165) is 6.21 Å². The lowest BCUT2D eigenvalue weighted by atomic mass is 10.5. The number of furan rings is 1. The van der Waals surface area contributed by atoms with Crippen LogP contribution >= 0.6 is 0 Å². The molecule has 7 heteroatoms. The lowest BCUT2D eigenvalue weighted by Gasteiger charge is -1.95. The first-order chi connectivity index (χ1) is 6.45. The number of hydrogen-bond acceptors (Lipinski definition) is 4. The average molecular weight is 218 g/mol. The summed E-state index contributed by atoms with van der Waals surface area (Å²) >= 11 is 0. The van der Waals surface area contributed by atoms with Crippen LogP contribution in [0.4, 0.5) is 0 Å². The third-order valence-electron chi connectivity index (χ3n) is 1.44. The standard InChI is InChI=1S/C7H10N2O4S/c1-8-14(11,12)7-4-3-6(13-7)5-9(2)10/h3-5,8H,1-2H3. The van der Waals surface area contributed by atoms with Gasteiger partial charge in [0, 0.05) is 0 Å². The average Bonchev–Trinajstić information content (AvgIpc) is 2.52. The Hall–Kier alpha value is -1.34. The minimum atomic E-state index is -3.57. The van der Waals surface area contributed by atoms with Crippen LogP contribution in [0.5, 0.6) is 0 Å². The van der Waals surface area contributed by atoms with E-state index >= 15 is 0 Å². The third-order valence-corrected chi connectivity index (χ3v) is 2.73. The molecule has 0 bridgehead atoms. The number of nitrogens with one attached hydrogen (secondary N) is 1. The van der Waals surface area contributed by atoms with Gasteiger partial charge in [-0.05, 0) is 19.2 Å². The van der Waals surface area contributed by atoms with Gasteiger partial charge in [-0.3, -0.25) is 0 Å². The smallest absolute Gasteiger partial charge is 0.273 e. The van der Waals surface area contributed by atoms with Crippen LogP contribution in [-0.4, -0.2) is 33.5 Å². The fraction of sp³-hybridized carbons (Fsp3) is 0.286. The molecule has 0 atom stereocenters. The van der Waals surface area contributed by atoms with Crippen molar-refractivity contribution in [2.24, 2.45) is 0 Å². The zero-order chi connectivity index (χ0) is 10.8. The summed E-state index contributed by atoms with van der Waals surface area (Å²) in [5.41, 5.74) is 0. The van der Waals surface area contributed by atoms with Gasteiger partial charge in [-0.2, -0.15) is 0 Å². The van der Waals surface area contributed by atoms with Crippen molar-refractivity contribution in [3.63, 3.8) is 0 Å². The topological polar surface area (TPSA) is 85.4 Å². The van der Waals surface area contributed by atoms with Crippen molar-refractivity contribution in [1.29, 1.82) is 0 Å². The van der Waals surface area contributed by atoms with Gasteiger partial charge in [-0.25, -0.2) is 17.9 Å². The van der Waals surface area contributed by atoms with Crippen molar-refractivity contribution in [3.8, 4) is 0 Å². The van der Waals surface area contributed by atoms with E-state index in [9.17, 15) is 13.6 Å². The molecule has 1 aromatic heterocycles. The molecule has 0 aromatic carbocycles. The van der Waals surface area contributed by atoms with Gasteiger partial charge in [0.2, 0.25) is 11.3 Å². The first kappa shape index (κ1) is 10.7. The Morgan fingerprint density at radius 2 is 2.21 bits per heavy atom. The maximum atomic E-state index is 11.2. The van der Waals surface area contributed by atoms with E-state index in [-0.39, 0.29) is 10.9 Å². The summed E-state index contributed by atoms with van der Waals surface area (Å²) in [5.74, 6) is 0.191. The van der Waals surface area contributed by atoms with Crippen molar-refractivity contribution in [3.05, 3.63) is 23.1 Å². The van der Waals surface area contributed by atoms with Crippen molar-refractivity contribution in [2.75, 3.05) is 14.1 Å². The highest BCUT2D eigenvalue weighted by molar-refractivity contribution is 7.89. The first-order valence-corrected chi connectivity index (χ1v) is 5.22. The second-order valence-corrected chi connectivity index (χ2v) is 4.36. The first-order valence-electron chi connectivity index (χ1n) is 3.74. The van der Waals surface area contributed by atoms with Crippen molar-refractivity contribution >= 4 is 16.2 Å². The fourth-order valence-electron chi connectivity index (χ4n) is 0.828. The van der Waals surface area contributed by atoms with Crippen LogP contribution in [-0.2, 0) is 10.0 Å². The van der Waals surface area contributed by atoms with Crippen LogP contribution in [0.2, 0.25) is 0 Å². The van der Waals surface area contributed by atoms with Gasteiger partial charge < -0.3 is 9.62 Å². The summed E-state index contributed by atoms with van der Waals surface area (Å²) in [4.78, 5) is 0. The minimum Gasteiger partial charge on any atom is -0.624 e. The van der Waals surface area contributed by atoms with E-state index in [4.69, 9.17) is 4.42 Å². The summed E-state index contributed by atoms with van der Waals surface area (Å²) in [5, 5.41) is 10.4. The molecule has 1 heterocycles. The van der Waals surface area contributed by atoms with E-state index in [1.807, 2.05) is 0 Å². The van der Waals surface area contributed by atoms with E-state index in [1.165, 1.54) is 26.2 Å². The van der Waals surface area contributed by atoms with Gasteiger partial charge in [0.05, 0.1) is 0 Å². The van der Waals surface area contributed by atoms with E-state index < -0.39 is 10.0 Å². The Labute approximate surface area is 81.5 Å². The Morgan fingerprint density at radius 3 is 2.71 bits per heavy atom. The highest BCUT2D eigenvalue weighted by Gasteiger charge is 2.16. The molecule has 78 valence electrons. The maximum absolute atomic E-state index is 11.2. The third kappa shape index (κ3) is 2.33. The van der Waals surface area contributed by atoms with E-state index in [1.54, 1.807) is 0 Å². The van der Waals surface area contributed by atoms with Gasteiger partial charge in [0.15, 0.2) is 5.76 Å². The molecule has 6 nitrogen and oxygen atoms in total. The van der Waals surface area contributed by atoms with Crippen LogP contribution in [0, 0.1) is 5.21 Å². The Balaban J connectivity index is 3.06. The predicted octanol–water partition coefficient (Wildman–Crippen LogP) is -0.253. The lowest BCUT2D eigenvalue weighted by molar-refractivity contribution is -0.417. The summed E-state index contributed by atoms with van der Waals surface area (Å²) in [6.45, 7) is 0. The molecule has 0 radical (unpaired) electrons. The molecule has 0 saturated heterocycles. The molecule has 0 saturated carbocycles. The van der Waals surface area contributed by atoms with Crippen LogP contribution in [0.1, 0.15) is 5.76 Å². The molecule has 0 unspecified atom stereocenters. The number of hydroxylamine groups is 1. The van der Waals surface area contributed by atoms with Crippen molar-refractivity contribution < 1.29 is 17.6 Å². The van der Waals surface area contributed by atoms with Gasteiger partial charge in [0.25, 0.3) is 10.0 Å². The highest BCUT2D eigenvalue weighted by Crippen LogP contribution is 2.11. The SMILES string of the molecule is CNS(=O)(=O)c1ccc(C=[N+](C)[O-])o1. The van der Waals surface area contributed by atoms with Crippen LogP contribution < -0.4 is 4.72 Å². The Kier molecular flexibility index (Phi) is 2.92. The molecule has 0 aliphatic rings. The Bertz CT molecular complexity index is 442. The minimum absolute atomic E-state index is 0.191. The van der Waals surface area contributed by atoms with Gasteiger partial charge >= 0.3 is 0 Å². The normalized spacial score (nSPS) is 13.1. The van der Waals surface area contributed by atoms with Gasteiger partial charge in [-0.15, -0.1) is 0 Å². The number of hydrogen-bond donors (Lipinski definition) is 1. The summed E-state index contributed by atoms with van der Waals surface area (Å²) in [7, 11) is -1.02. The van der Waals surface area contributed by atoms with Gasteiger partial charge in [0.1, 0.15) is 7.05 Å². The zero-order valence-corrected chi connectivity index (χ0v) is 8.54. The number of rotatable bonds is 3. The molecule has 1 N–H and O–H groups in total. The van der Waals surface area contributed by atoms with Crippen molar-refractivity contribution in [2.45, 2.75) is 5.09 Å². The molecule has 0 amide bonds. The number of sulfonamides is 1. The second kappa shape index (κ2) is 3.81. The molecule has 1 rings (SSSR count). The van der Waals surface area contributed by atoms with Crippen LogP contribution in [0.25, 0.3) is 0 Å². The number of nitrogens with zero attached hydrogens (tertiary/aromatic N) is 1.